The number of amides is 1. The molecule has 0 fully saturated rings. The number of nitrogens with one attached hydrogen (secondary N) is 1. The molecule has 1 heterocycles. The molecule has 0 spiro atoms. The van der Waals surface area contributed by atoms with Crippen molar-refractivity contribution in [2.24, 2.45) is 0 Å². The number of ether oxygens (including phenoxy) is 1. The maximum absolute atomic E-state index is 13.3. The molecular weight excluding hydrogens is 385 g/mol. The number of hydrogen-bond acceptors (Lipinski definition) is 4. The van der Waals surface area contributed by atoms with Gasteiger partial charge in [0.2, 0.25) is 0 Å². The van der Waals surface area contributed by atoms with E-state index >= 15 is 0 Å². The van der Waals surface area contributed by atoms with Gasteiger partial charge in [-0.2, -0.15) is 5.10 Å². The number of anilines is 1. The quantitative estimate of drug-likeness (QED) is 0.649. The van der Waals surface area contributed by atoms with Crippen LogP contribution in [0.25, 0.3) is 5.69 Å². The van der Waals surface area contributed by atoms with Crippen molar-refractivity contribution in [2.45, 2.75) is 39.2 Å². The molecule has 1 aliphatic carbocycles. The topological polar surface area (TPSA) is 73.2 Å². The van der Waals surface area contributed by atoms with E-state index in [4.69, 9.17) is 4.74 Å². The van der Waals surface area contributed by atoms with Crippen LogP contribution in [0.2, 0.25) is 0 Å². The van der Waals surface area contributed by atoms with Crippen LogP contribution < -0.4 is 5.32 Å². The number of carbonyl (C=O) groups is 2. The van der Waals surface area contributed by atoms with Crippen molar-refractivity contribution >= 4 is 17.6 Å². The molecule has 3 aromatic rings. The van der Waals surface area contributed by atoms with Crippen LogP contribution in [0.15, 0.2) is 48.5 Å². The standard InChI is InChI=1S/C23H22FN3O3/c1-14-6-3-4-8-19(14)25-22(28)15(2)30-23(29)21-18-7-5-9-20(18)27(26-21)17-12-10-16(24)11-13-17/h3-4,6,8,10-13,15H,5,7,9H2,1-2H3,(H,25,28). The minimum absolute atomic E-state index is 0.211. The highest BCUT2D eigenvalue weighted by atomic mass is 19.1. The van der Waals surface area contributed by atoms with E-state index in [1.165, 1.54) is 19.1 Å². The number of aromatic nitrogens is 2. The maximum atomic E-state index is 13.3. The van der Waals surface area contributed by atoms with E-state index < -0.39 is 18.0 Å². The van der Waals surface area contributed by atoms with Gasteiger partial charge >= 0.3 is 5.97 Å². The first kappa shape index (κ1) is 19.8. The van der Waals surface area contributed by atoms with Crippen molar-refractivity contribution in [1.82, 2.24) is 9.78 Å². The van der Waals surface area contributed by atoms with Crippen LogP contribution in [0.4, 0.5) is 10.1 Å². The van der Waals surface area contributed by atoms with Crippen molar-refractivity contribution in [3.05, 3.63) is 76.9 Å². The van der Waals surface area contributed by atoms with Crippen molar-refractivity contribution in [1.29, 1.82) is 0 Å². The molecule has 1 aliphatic rings. The van der Waals surface area contributed by atoms with Crippen molar-refractivity contribution in [2.75, 3.05) is 5.32 Å². The summed E-state index contributed by atoms with van der Waals surface area (Å²) >= 11 is 0. The number of nitrogens with zero attached hydrogens (tertiary/aromatic N) is 2. The predicted octanol–water partition coefficient (Wildman–Crippen LogP) is 3.99. The third kappa shape index (κ3) is 3.83. The predicted molar refractivity (Wildman–Crippen MR) is 110 cm³/mol. The van der Waals surface area contributed by atoms with E-state index in [2.05, 4.69) is 10.4 Å². The molecule has 0 bridgehead atoms. The lowest BCUT2D eigenvalue weighted by atomic mass is 10.2. The van der Waals surface area contributed by atoms with Gasteiger partial charge in [-0.3, -0.25) is 4.79 Å². The minimum atomic E-state index is -0.981. The summed E-state index contributed by atoms with van der Waals surface area (Å²) in [6.45, 7) is 3.42. The fraction of sp³-hybridized carbons (Fsp3) is 0.261. The number of para-hydroxylation sites is 1. The molecule has 0 saturated carbocycles. The third-order valence-electron chi connectivity index (χ3n) is 5.25. The summed E-state index contributed by atoms with van der Waals surface area (Å²) in [5, 5.41) is 7.21. The van der Waals surface area contributed by atoms with Crippen LogP contribution >= 0.6 is 0 Å². The second-order valence-electron chi connectivity index (χ2n) is 7.37. The number of hydrogen-bond donors (Lipinski definition) is 1. The zero-order valence-corrected chi connectivity index (χ0v) is 16.8. The Morgan fingerprint density at radius 1 is 1.13 bits per heavy atom. The lowest BCUT2D eigenvalue weighted by molar-refractivity contribution is -0.123. The van der Waals surface area contributed by atoms with E-state index in [0.717, 1.165) is 29.7 Å². The first-order valence-electron chi connectivity index (χ1n) is 9.88. The van der Waals surface area contributed by atoms with Crippen LogP contribution in [0, 0.1) is 12.7 Å². The Morgan fingerprint density at radius 2 is 1.87 bits per heavy atom. The van der Waals surface area contributed by atoms with Gasteiger partial charge in [-0.05, 0) is 69.0 Å². The molecule has 1 aromatic heterocycles. The minimum Gasteiger partial charge on any atom is -0.448 e. The van der Waals surface area contributed by atoms with Gasteiger partial charge < -0.3 is 10.1 Å². The molecule has 1 amide bonds. The number of fused-ring (bicyclic) bond motifs is 1. The van der Waals surface area contributed by atoms with E-state index in [1.807, 2.05) is 25.1 Å². The Morgan fingerprint density at radius 3 is 2.60 bits per heavy atom. The summed E-state index contributed by atoms with van der Waals surface area (Å²) in [5.74, 6) is -1.38. The monoisotopic (exact) mass is 407 g/mol. The number of benzene rings is 2. The zero-order chi connectivity index (χ0) is 21.3. The molecule has 0 saturated heterocycles. The number of carbonyl (C=O) groups excluding carboxylic acids is 2. The van der Waals surface area contributed by atoms with Crippen molar-refractivity contribution in [3.63, 3.8) is 0 Å². The van der Waals surface area contributed by atoms with Crippen LogP contribution in [0.1, 0.15) is 40.7 Å². The van der Waals surface area contributed by atoms with Gasteiger partial charge in [0.05, 0.1) is 5.69 Å². The highest BCUT2D eigenvalue weighted by molar-refractivity contribution is 5.97. The van der Waals surface area contributed by atoms with Gasteiger partial charge in [0.25, 0.3) is 5.91 Å². The van der Waals surface area contributed by atoms with Gasteiger partial charge in [-0.15, -0.1) is 0 Å². The molecule has 2 aromatic carbocycles. The van der Waals surface area contributed by atoms with Crippen molar-refractivity contribution in [3.8, 4) is 5.69 Å². The van der Waals surface area contributed by atoms with Gasteiger partial charge in [-0.1, -0.05) is 18.2 Å². The number of aryl methyl sites for hydroxylation is 1. The summed E-state index contributed by atoms with van der Waals surface area (Å²) < 4.78 is 20.3. The Kier molecular flexibility index (Phi) is 5.35. The fourth-order valence-electron chi connectivity index (χ4n) is 3.61. The third-order valence-corrected chi connectivity index (χ3v) is 5.25. The molecule has 30 heavy (non-hydrogen) atoms. The lowest BCUT2D eigenvalue weighted by Gasteiger charge is -2.14. The molecule has 1 N–H and O–H groups in total. The summed E-state index contributed by atoms with van der Waals surface area (Å²) in [7, 11) is 0. The van der Waals surface area contributed by atoms with Crippen LogP contribution in [-0.2, 0) is 22.4 Å². The fourth-order valence-corrected chi connectivity index (χ4v) is 3.61. The molecule has 154 valence electrons. The zero-order valence-electron chi connectivity index (χ0n) is 16.8. The average molecular weight is 407 g/mol. The first-order chi connectivity index (χ1) is 14.4. The summed E-state index contributed by atoms with van der Waals surface area (Å²) in [4.78, 5) is 25.3. The van der Waals surface area contributed by atoms with Gasteiger partial charge in [0.1, 0.15) is 5.82 Å². The molecule has 1 unspecified atom stereocenters. The maximum Gasteiger partial charge on any atom is 0.359 e. The van der Waals surface area contributed by atoms with Crippen LogP contribution in [0.3, 0.4) is 0 Å². The summed E-state index contributed by atoms with van der Waals surface area (Å²) in [6.07, 6.45) is 1.41. The molecule has 6 nitrogen and oxygen atoms in total. The molecule has 1 atom stereocenters. The lowest BCUT2D eigenvalue weighted by Crippen LogP contribution is -2.30. The molecule has 4 rings (SSSR count). The Labute approximate surface area is 173 Å². The van der Waals surface area contributed by atoms with E-state index in [-0.39, 0.29) is 11.5 Å². The van der Waals surface area contributed by atoms with Crippen LogP contribution in [-0.4, -0.2) is 27.8 Å². The molecule has 0 aliphatic heterocycles. The average Bonchev–Trinajstić information content (AvgIpc) is 3.33. The number of rotatable bonds is 5. The Balaban J connectivity index is 1.52. The smallest absolute Gasteiger partial charge is 0.359 e. The highest BCUT2D eigenvalue weighted by Crippen LogP contribution is 2.28. The summed E-state index contributed by atoms with van der Waals surface area (Å²) in [6, 6.07) is 13.3. The SMILES string of the molecule is Cc1ccccc1NC(=O)C(C)OC(=O)c1nn(-c2ccc(F)cc2)c2c1CCC2. The van der Waals surface area contributed by atoms with Gasteiger partial charge in [0.15, 0.2) is 11.8 Å². The largest absolute Gasteiger partial charge is 0.448 e. The molecule has 7 heteroatoms. The van der Waals surface area contributed by atoms with Gasteiger partial charge in [-0.25, -0.2) is 13.9 Å². The Hall–Kier alpha value is -3.48. The second kappa shape index (κ2) is 8.10. The van der Waals surface area contributed by atoms with Gasteiger partial charge in [0, 0.05) is 16.9 Å². The molecule has 0 radical (unpaired) electrons. The van der Waals surface area contributed by atoms with Crippen molar-refractivity contribution < 1.29 is 18.7 Å². The van der Waals surface area contributed by atoms with E-state index in [9.17, 15) is 14.0 Å². The number of halogens is 1. The Bertz CT molecular complexity index is 1110. The van der Waals surface area contributed by atoms with E-state index in [0.29, 0.717) is 17.8 Å². The van der Waals surface area contributed by atoms with E-state index in [1.54, 1.807) is 22.9 Å². The highest BCUT2D eigenvalue weighted by Gasteiger charge is 2.30. The normalized spacial score (nSPS) is 13.6. The second-order valence-corrected chi connectivity index (χ2v) is 7.37. The number of esters is 1. The first-order valence-corrected chi connectivity index (χ1v) is 9.88. The molecular formula is C23H22FN3O3. The van der Waals surface area contributed by atoms with Crippen LogP contribution in [0.5, 0.6) is 0 Å². The summed E-state index contributed by atoms with van der Waals surface area (Å²) in [5.41, 5.74) is 4.23.